The molecule has 0 bridgehead atoms. The van der Waals surface area contributed by atoms with E-state index in [1.165, 1.54) is 19.3 Å². The molecule has 1 aliphatic carbocycles. The molecule has 1 N–H and O–H groups in total. The Morgan fingerprint density at radius 3 is 2.48 bits per heavy atom. The van der Waals surface area contributed by atoms with Crippen molar-refractivity contribution in [1.29, 1.82) is 0 Å². The van der Waals surface area contributed by atoms with Crippen molar-refractivity contribution in [1.82, 2.24) is 0 Å². The van der Waals surface area contributed by atoms with Crippen LogP contribution in [0.25, 0.3) is 0 Å². The monoisotopic (exact) mass is 292 g/mol. The molecule has 1 aliphatic rings. The summed E-state index contributed by atoms with van der Waals surface area (Å²) in [4.78, 5) is 0. The van der Waals surface area contributed by atoms with Gasteiger partial charge in [0.15, 0.2) is 0 Å². The van der Waals surface area contributed by atoms with Crippen molar-refractivity contribution < 1.29 is 14.6 Å². The van der Waals surface area contributed by atoms with E-state index in [2.05, 4.69) is 0 Å². The van der Waals surface area contributed by atoms with E-state index in [4.69, 9.17) is 9.47 Å². The Morgan fingerprint density at radius 2 is 1.86 bits per heavy atom. The van der Waals surface area contributed by atoms with Crippen molar-refractivity contribution in [2.75, 3.05) is 7.11 Å². The van der Waals surface area contributed by atoms with Gasteiger partial charge in [0.1, 0.15) is 11.9 Å². The van der Waals surface area contributed by atoms with E-state index >= 15 is 0 Å². The molecule has 0 amide bonds. The summed E-state index contributed by atoms with van der Waals surface area (Å²) in [7, 11) is 1.71. The quantitative estimate of drug-likeness (QED) is 0.858. The minimum Gasteiger partial charge on any atom is -0.491 e. The van der Waals surface area contributed by atoms with Gasteiger partial charge in [0.25, 0.3) is 0 Å². The van der Waals surface area contributed by atoms with Crippen LogP contribution in [0, 0.1) is 5.92 Å². The van der Waals surface area contributed by atoms with E-state index in [9.17, 15) is 5.11 Å². The minimum atomic E-state index is -0.589. The molecule has 3 nitrogen and oxygen atoms in total. The Balaban J connectivity index is 2.10. The lowest BCUT2D eigenvalue weighted by atomic mass is 9.82. The van der Waals surface area contributed by atoms with E-state index in [0.29, 0.717) is 5.92 Å². The highest BCUT2D eigenvalue weighted by atomic mass is 16.5. The van der Waals surface area contributed by atoms with E-state index < -0.39 is 6.10 Å². The first kappa shape index (κ1) is 16.3. The van der Waals surface area contributed by atoms with Crippen LogP contribution in [-0.2, 0) is 4.74 Å². The van der Waals surface area contributed by atoms with Gasteiger partial charge in [0.2, 0.25) is 0 Å². The number of aliphatic hydroxyl groups is 1. The molecule has 2 atom stereocenters. The molecule has 0 spiro atoms. The molecule has 21 heavy (non-hydrogen) atoms. The Bertz CT molecular complexity index is 424. The van der Waals surface area contributed by atoms with Crippen LogP contribution in [0.5, 0.6) is 5.75 Å². The fraction of sp³-hybridized carbons (Fsp3) is 0.667. The SMILES string of the molecule is COC(C1CCCCC1)C(O)c1cccc(OC(C)C)c1. The maximum Gasteiger partial charge on any atom is 0.120 e. The van der Waals surface area contributed by atoms with E-state index in [1.54, 1.807) is 7.11 Å². The summed E-state index contributed by atoms with van der Waals surface area (Å²) < 4.78 is 11.3. The number of hydrogen-bond donors (Lipinski definition) is 1. The van der Waals surface area contributed by atoms with Gasteiger partial charge in [0.05, 0.1) is 12.2 Å². The second-order valence-electron chi connectivity index (χ2n) is 6.28. The lowest BCUT2D eigenvalue weighted by molar-refractivity contribution is -0.0559. The first-order valence-electron chi connectivity index (χ1n) is 8.09. The molecule has 2 unspecified atom stereocenters. The molecule has 1 fully saturated rings. The highest BCUT2D eigenvalue weighted by molar-refractivity contribution is 5.30. The molecule has 2 rings (SSSR count). The van der Waals surface area contributed by atoms with Crippen LogP contribution in [-0.4, -0.2) is 24.4 Å². The predicted octanol–water partition coefficient (Wildman–Crippen LogP) is 4.10. The van der Waals surface area contributed by atoms with Gasteiger partial charge in [-0.15, -0.1) is 0 Å². The van der Waals surface area contributed by atoms with Crippen molar-refractivity contribution in [2.45, 2.75) is 64.3 Å². The van der Waals surface area contributed by atoms with Crippen molar-refractivity contribution >= 4 is 0 Å². The molecule has 0 heterocycles. The third-order valence-corrected chi connectivity index (χ3v) is 4.27. The van der Waals surface area contributed by atoms with Gasteiger partial charge in [-0.05, 0) is 50.3 Å². The summed E-state index contributed by atoms with van der Waals surface area (Å²) in [6.07, 6.45) is 5.51. The largest absolute Gasteiger partial charge is 0.491 e. The molecule has 3 heteroatoms. The van der Waals surface area contributed by atoms with Crippen molar-refractivity contribution in [3.63, 3.8) is 0 Å². The van der Waals surface area contributed by atoms with Crippen molar-refractivity contribution in [2.24, 2.45) is 5.92 Å². The number of benzene rings is 1. The van der Waals surface area contributed by atoms with Gasteiger partial charge in [-0.3, -0.25) is 0 Å². The normalized spacial score (nSPS) is 19.5. The number of aliphatic hydroxyl groups excluding tert-OH is 1. The van der Waals surface area contributed by atoms with Crippen LogP contribution < -0.4 is 4.74 Å². The molecular weight excluding hydrogens is 264 g/mol. The third-order valence-electron chi connectivity index (χ3n) is 4.27. The Labute approximate surface area is 128 Å². The number of hydrogen-bond acceptors (Lipinski definition) is 3. The Hall–Kier alpha value is -1.06. The third kappa shape index (κ3) is 4.45. The maximum atomic E-state index is 10.7. The molecular formula is C18H28O3. The summed E-state index contributed by atoms with van der Waals surface area (Å²) in [6, 6.07) is 7.74. The summed E-state index contributed by atoms with van der Waals surface area (Å²) in [6.45, 7) is 4.01. The highest BCUT2D eigenvalue weighted by Crippen LogP contribution is 2.34. The van der Waals surface area contributed by atoms with Crippen molar-refractivity contribution in [3.8, 4) is 5.75 Å². The zero-order valence-corrected chi connectivity index (χ0v) is 13.4. The Morgan fingerprint density at radius 1 is 1.14 bits per heavy atom. The van der Waals surface area contributed by atoms with Gasteiger partial charge in [-0.25, -0.2) is 0 Å². The van der Waals surface area contributed by atoms with Gasteiger partial charge in [0, 0.05) is 7.11 Å². The van der Waals surface area contributed by atoms with Crippen LogP contribution >= 0.6 is 0 Å². The fourth-order valence-electron chi connectivity index (χ4n) is 3.28. The lowest BCUT2D eigenvalue weighted by Gasteiger charge is -2.32. The van der Waals surface area contributed by atoms with Gasteiger partial charge >= 0.3 is 0 Å². The first-order chi connectivity index (χ1) is 10.1. The number of methoxy groups -OCH3 is 1. The summed E-state index contributed by atoms with van der Waals surface area (Å²) >= 11 is 0. The average molecular weight is 292 g/mol. The number of rotatable bonds is 6. The van der Waals surface area contributed by atoms with Gasteiger partial charge < -0.3 is 14.6 Å². The molecule has 0 aliphatic heterocycles. The van der Waals surface area contributed by atoms with E-state index in [1.807, 2.05) is 38.1 Å². The first-order valence-corrected chi connectivity index (χ1v) is 8.09. The smallest absolute Gasteiger partial charge is 0.120 e. The second kappa shape index (κ2) is 7.81. The standard InChI is InChI=1S/C18H28O3/c1-13(2)21-16-11-7-10-15(12-16)17(19)18(20-3)14-8-5-4-6-9-14/h7,10-14,17-19H,4-6,8-9H2,1-3H3. The van der Waals surface area contributed by atoms with E-state index in [-0.39, 0.29) is 12.2 Å². The number of ether oxygens (including phenoxy) is 2. The second-order valence-corrected chi connectivity index (χ2v) is 6.28. The minimum absolute atomic E-state index is 0.125. The molecule has 1 aromatic rings. The summed E-state index contributed by atoms with van der Waals surface area (Å²) in [5, 5.41) is 10.7. The zero-order chi connectivity index (χ0) is 15.2. The van der Waals surface area contributed by atoms with Crippen LogP contribution in [0.1, 0.15) is 57.6 Å². The van der Waals surface area contributed by atoms with Gasteiger partial charge in [-0.1, -0.05) is 31.4 Å². The van der Waals surface area contributed by atoms with Crippen LogP contribution in [0.3, 0.4) is 0 Å². The maximum absolute atomic E-state index is 10.7. The van der Waals surface area contributed by atoms with Crippen molar-refractivity contribution in [3.05, 3.63) is 29.8 Å². The highest BCUT2D eigenvalue weighted by Gasteiger charge is 2.30. The summed E-state index contributed by atoms with van der Waals surface area (Å²) in [5.41, 5.74) is 0.880. The molecule has 0 radical (unpaired) electrons. The average Bonchev–Trinajstić information content (AvgIpc) is 2.48. The van der Waals surface area contributed by atoms with Crippen LogP contribution in [0.15, 0.2) is 24.3 Å². The van der Waals surface area contributed by atoms with Crippen LogP contribution in [0.2, 0.25) is 0 Å². The predicted molar refractivity (Wildman–Crippen MR) is 84.5 cm³/mol. The molecule has 1 aromatic carbocycles. The van der Waals surface area contributed by atoms with E-state index in [0.717, 1.165) is 24.2 Å². The van der Waals surface area contributed by atoms with Gasteiger partial charge in [-0.2, -0.15) is 0 Å². The molecule has 118 valence electrons. The molecule has 0 aromatic heterocycles. The Kier molecular flexibility index (Phi) is 6.07. The fourth-order valence-corrected chi connectivity index (χ4v) is 3.28. The van der Waals surface area contributed by atoms with Crippen LogP contribution in [0.4, 0.5) is 0 Å². The molecule has 1 saturated carbocycles. The molecule has 0 saturated heterocycles. The topological polar surface area (TPSA) is 38.7 Å². The summed E-state index contributed by atoms with van der Waals surface area (Å²) in [5.74, 6) is 1.26. The lowest BCUT2D eigenvalue weighted by Crippen LogP contribution is -2.31. The zero-order valence-electron chi connectivity index (χ0n) is 13.4.